The van der Waals surface area contributed by atoms with E-state index in [1.54, 1.807) is 18.2 Å². The molecule has 0 saturated carbocycles. The van der Waals surface area contributed by atoms with Crippen molar-refractivity contribution in [3.8, 4) is 0 Å². The standard InChI is InChI=1S/C12H12F2/c1-3-11(13)9-6-5-7-10(8-9)12(14)4-2/h3-8,11-12H,1-2H2. The molecule has 2 heteroatoms. The summed E-state index contributed by atoms with van der Waals surface area (Å²) in [6.45, 7) is 6.69. The van der Waals surface area contributed by atoms with Crippen molar-refractivity contribution in [1.82, 2.24) is 0 Å². The van der Waals surface area contributed by atoms with Crippen molar-refractivity contribution in [3.05, 3.63) is 60.7 Å². The highest BCUT2D eigenvalue weighted by Crippen LogP contribution is 2.24. The van der Waals surface area contributed by atoms with Crippen LogP contribution in [0.1, 0.15) is 23.5 Å². The number of alkyl halides is 2. The molecule has 2 atom stereocenters. The molecule has 0 aromatic heterocycles. The highest BCUT2D eigenvalue weighted by Gasteiger charge is 2.09. The minimum atomic E-state index is -1.24. The third-order valence-corrected chi connectivity index (χ3v) is 1.96. The molecule has 0 aliphatic heterocycles. The average Bonchev–Trinajstić information content (AvgIpc) is 2.27. The number of allylic oxidation sites excluding steroid dienone is 2. The molecule has 0 fully saturated rings. The Kier molecular flexibility index (Phi) is 3.57. The van der Waals surface area contributed by atoms with Crippen LogP contribution < -0.4 is 0 Å². The van der Waals surface area contributed by atoms with Crippen LogP contribution in [0.4, 0.5) is 8.78 Å². The van der Waals surface area contributed by atoms with Crippen LogP contribution in [-0.4, -0.2) is 0 Å². The lowest BCUT2D eigenvalue weighted by Crippen LogP contribution is -1.91. The molecule has 0 heterocycles. The Labute approximate surface area is 82.6 Å². The number of rotatable bonds is 4. The van der Waals surface area contributed by atoms with Crippen molar-refractivity contribution < 1.29 is 8.78 Å². The van der Waals surface area contributed by atoms with E-state index >= 15 is 0 Å². The average molecular weight is 194 g/mol. The normalized spacial score (nSPS) is 14.4. The lowest BCUT2D eigenvalue weighted by atomic mass is 10.0. The van der Waals surface area contributed by atoms with Gasteiger partial charge >= 0.3 is 0 Å². The van der Waals surface area contributed by atoms with Gasteiger partial charge in [0.05, 0.1) is 0 Å². The van der Waals surface area contributed by atoms with Gasteiger partial charge in [0, 0.05) is 0 Å². The number of hydrogen-bond acceptors (Lipinski definition) is 0. The zero-order valence-corrected chi connectivity index (χ0v) is 7.79. The molecule has 74 valence electrons. The van der Waals surface area contributed by atoms with Gasteiger partial charge in [-0.25, -0.2) is 8.78 Å². The van der Waals surface area contributed by atoms with Crippen molar-refractivity contribution in [2.75, 3.05) is 0 Å². The molecule has 0 radical (unpaired) electrons. The van der Waals surface area contributed by atoms with Crippen LogP contribution in [0.3, 0.4) is 0 Å². The number of hydrogen-bond donors (Lipinski definition) is 0. The van der Waals surface area contributed by atoms with Crippen LogP contribution in [0.25, 0.3) is 0 Å². The van der Waals surface area contributed by atoms with E-state index in [-0.39, 0.29) is 0 Å². The second-order valence-corrected chi connectivity index (χ2v) is 2.95. The van der Waals surface area contributed by atoms with E-state index in [9.17, 15) is 8.78 Å². The molecule has 0 N–H and O–H groups in total. The second-order valence-electron chi connectivity index (χ2n) is 2.95. The van der Waals surface area contributed by atoms with Crippen LogP contribution in [-0.2, 0) is 0 Å². The Morgan fingerprint density at radius 3 is 1.79 bits per heavy atom. The van der Waals surface area contributed by atoms with E-state index in [4.69, 9.17) is 0 Å². The molecule has 0 bridgehead atoms. The first-order valence-corrected chi connectivity index (χ1v) is 4.32. The molecule has 14 heavy (non-hydrogen) atoms. The third kappa shape index (κ3) is 2.28. The maximum Gasteiger partial charge on any atom is 0.143 e. The van der Waals surface area contributed by atoms with Gasteiger partial charge in [0.1, 0.15) is 12.3 Å². The molecule has 1 rings (SSSR count). The predicted molar refractivity (Wildman–Crippen MR) is 54.5 cm³/mol. The molecule has 0 saturated heterocycles. The van der Waals surface area contributed by atoms with E-state index in [0.29, 0.717) is 11.1 Å². The Balaban J connectivity index is 3.00. The quantitative estimate of drug-likeness (QED) is 0.633. The van der Waals surface area contributed by atoms with Crippen LogP contribution in [0, 0.1) is 0 Å². The molecular formula is C12H12F2. The highest BCUT2D eigenvalue weighted by molar-refractivity contribution is 5.29. The topological polar surface area (TPSA) is 0 Å². The summed E-state index contributed by atoms with van der Waals surface area (Å²) in [4.78, 5) is 0. The Morgan fingerprint density at radius 2 is 1.43 bits per heavy atom. The zero-order chi connectivity index (χ0) is 10.6. The second kappa shape index (κ2) is 4.70. The molecule has 1 aromatic rings. The van der Waals surface area contributed by atoms with Gasteiger partial charge in [0.2, 0.25) is 0 Å². The fraction of sp³-hybridized carbons (Fsp3) is 0.167. The summed E-state index contributed by atoms with van der Waals surface area (Å²) in [5, 5.41) is 0. The van der Waals surface area contributed by atoms with Gasteiger partial charge in [0.25, 0.3) is 0 Å². The van der Waals surface area contributed by atoms with Gasteiger partial charge in [-0.2, -0.15) is 0 Å². The smallest absolute Gasteiger partial charge is 0.143 e. The molecule has 0 spiro atoms. The first-order valence-electron chi connectivity index (χ1n) is 4.32. The van der Waals surface area contributed by atoms with Crippen LogP contribution in [0.15, 0.2) is 49.6 Å². The first-order chi connectivity index (χ1) is 6.69. The van der Waals surface area contributed by atoms with Crippen LogP contribution >= 0.6 is 0 Å². The molecule has 0 nitrogen and oxygen atoms in total. The van der Waals surface area contributed by atoms with Gasteiger partial charge < -0.3 is 0 Å². The van der Waals surface area contributed by atoms with Gasteiger partial charge in [-0.3, -0.25) is 0 Å². The van der Waals surface area contributed by atoms with Crippen molar-refractivity contribution in [3.63, 3.8) is 0 Å². The molecule has 0 aliphatic carbocycles. The lowest BCUT2D eigenvalue weighted by molar-refractivity contribution is 0.405. The fourth-order valence-electron chi connectivity index (χ4n) is 1.17. The Morgan fingerprint density at radius 1 is 1.00 bits per heavy atom. The molecule has 1 aromatic carbocycles. The van der Waals surface area contributed by atoms with Gasteiger partial charge in [-0.05, 0) is 17.2 Å². The summed E-state index contributed by atoms with van der Waals surface area (Å²) in [6.07, 6.45) is -0.125. The third-order valence-electron chi connectivity index (χ3n) is 1.96. The maximum atomic E-state index is 13.1. The molecule has 2 unspecified atom stereocenters. The molecular weight excluding hydrogens is 182 g/mol. The fourth-order valence-corrected chi connectivity index (χ4v) is 1.17. The SMILES string of the molecule is C=CC(F)c1cccc(C(F)C=C)c1. The predicted octanol–water partition coefficient (Wildman–Crippen LogP) is 4.08. The van der Waals surface area contributed by atoms with E-state index in [1.165, 1.54) is 18.2 Å². The Hall–Kier alpha value is -1.44. The summed E-state index contributed by atoms with van der Waals surface area (Å²) in [5.74, 6) is 0. The molecule has 0 aliphatic rings. The first kappa shape index (κ1) is 10.6. The number of halogens is 2. The largest absolute Gasteiger partial charge is 0.238 e. The van der Waals surface area contributed by atoms with E-state index in [1.807, 2.05) is 0 Å². The maximum absolute atomic E-state index is 13.1. The summed E-state index contributed by atoms with van der Waals surface area (Å²) in [5.41, 5.74) is 0.837. The van der Waals surface area contributed by atoms with Crippen LogP contribution in [0.5, 0.6) is 0 Å². The van der Waals surface area contributed by atoms with E-state index in [2.05, 4.69) is 13.2 Å². The van der Waals surface area contributed by atoms with E-state index in [0.717, 1.165) is 0 Å². The minimum Gasteiger partial charge on any atom is -0.238 e. The van der Waals surface area contributed by atoms with Gasteiger partial charge in [-0.1, -0.05) is 43.5 Å². The van der Waals surface area contributed by atoms with Crippen molar-refractivity contribution >= 4 is 0 Å². The Bertz CT molecular complexity index is 302. The van der Waals surface area contributed by atoms with Crippen LogP contribution in [0.2, 0.25) is 0 Å². The molecule has 0 amide bonds. The van der Waals surface area contributed by atoms with Gasteiger partial charge in [0.15, 0.2) is 0 Å². The lowest BCUT2D eigenvalue weighted by Gasteiger charge is -2.07. The summed E-state index contributed by atoms with van der Waals surface area (Å²) in [6, 6.07) is 6.31. The summed E-state index contributed by atoms with van der Waals surface area (Å²) < 4.78 is 26.3. The monoisotopic (exact) mass is 194 g/mol. The highest BCUT2D eigenvalue weighted by atomic mass is 19.1. The zero-order valence-electron chi connectivity index (χ0n) is 7.79. The van der Waals surface area contributed by atoms with Crippen molar-refractivity contribution in [1.29, 1.82) is 0 Å². The summed E-state index contributed by atoms with van der Waals surface area (Å²) >= 11 is 0. The van der Waals surface area contributed by atoms with E-state index < -0.39 is 12.3 Å². The van der Waals surface area contributed by atoms with Crippen molar-refractivity contribution in [2.45, 2.75) is 12.3 Å². The minimum absolute atomic E-state index is 0.419. The summed E-state index contributed by atoms with van der Waals surface area (Å²) in [7, 11) is 0. The number of benzene rings is 1. The van der Waals surface area contributed by atoms with Gasteiger partial charge in [-0.15, -0.1) is 0 Å². The van der Waals surface area contributed by atoms with Crippen molar-refractivity contribution in [2.24, 2.45) is 0 Å².